The van der Waals surface area contributed by atoms with E-state index in [1.54, 1.807) is 13.2 Å². The van der Waals surface area contributed by atoms with Gasteiger partial charge in [-0.15, -0.1) is 11.3 Å². The predicted octanol–water partition coefficient (Wildman–Crippen LogP) is 5.43. The molecule has 0 bridgehead atoms. The summed E-state index contributed by atoms with van der Waals surface area (Å²) in [6.07, 6.45) is 3.23. The number of rotatable bonds is 5. The number of methoxy groups -OCH3 is 1. The first-order valence-electron chi connectivity index (χ1n) is 7.91. The molecule has 2 aromatic carbocycles. The number of aromatic nitrogens is 1. The van der Waals surface area contributed by atoms with Crippen LogP contribution in [0.4, 0.5) is 5.13 Å². The molecule has 0 saturated heterocycles. The molecule has 0 aliphatic carbocycles. The van der Waals surface area contributed by atoms with E-state index in [0.29, 0.717) is 10.2 Å². The van der Waals surface area contributed by atoms with Crippen molar-refractivity contribution >= 4 is 40.1 Å². The second-order valence-electron chi connectivity index (χ2n) is 5.53. The van der Waals surface area contributed by atoms with Crippen LogP contribution in [0, 0.1) is 6.92 Å². The van der Waals surface area contributed by atoms with Crippen molar-refractivity contribution in [1.82, 2.24) is 4.98 Å². The highest BCUT2D eigenvalue weighted by atomic mass is 35.5. The van der Waals surface area contributed by atoms with E-state index in [-0.39, 0.29) is 5.91 Å². The number of benzene rings is 2. The van der Waals surface area contributed by atoms with Gasteiger partial charge in [0.2, 0.25) is 5.91 Å². The van der Waals surface area contributed by atoms with E-state index in [4.69, 9.17) is 16.3 Å². The van der Waals surface area contributed by atoms with Crippen molar-refractivity contribution in [3.05, 3.63) is 70.1 Å². The molecule has 3 aromatic rings. The molecule has 1 aromatic heterocycles. The molecular weight excluding hydrogens is 368 g/mol. The fraction of sp³-hybridized carbons (Fsp3) is 0.100. The van der Waals surface area contributed by atoms with Gasteiger partial charge in [0.05, 0.1) is 12.8 Å². The van der Waals surface area contributed by atoms with Gasteiger partial charge in [0.15, 0.2) is 5.13 Å². The number of anilines is 1. The van der Waals surface area contributed by atoms with Gasteiger partial charge in [0.25, 0.3) is 0 Å². The first-order chi connectivity index (χ1) is 12.5. The van der Waals surface area contributed by atoms with E-state index >= 15 is 0 Å². The van der Waals surface area contributed by atoms with Crippen LogP contribution in [-0.4, -0.2) is 18.0 Å². The van der Waals surface area contributed by atoms with E-state index in [0.717, 1.165) is 27.4 Å². The molecule has 1 amide bonds. The van der Waals surface area contributed by atoms with Gasteiger partial charge in [0.1, 0.15) is 5.75 Å². The highest BCUT2D eigenvalue weighted by molar-refractivity contribution is 7.16. The monoisotopic (exact) mass is 384 g/mol. The molecule has 0 radical (unpaired) electrons. The van der Waals surface area contributed by atoms with Crippen LogP contribution in [0.3, 0.4) is 0 Å². The molecule has 3 rings (SSSR count). The number of halogens is 1. The number of hydrogen-bond donors (Lipinski definition) is 1. The van der Waals surface area contributed by atoms with Crippen LogP contribution in [0.5, 0.6) is 5.75 Å². The number of nitrogens with zero attached hydrogens (tertiary/aromatic N) is 1. The highest BCUT2D eigenvalue weighted by Crippen LogP contribution is 2.31. The van der Waals surface area contributed by atoms with Crippen LogP contribution >= 0.6 is 22.9 Å². The standard InChI is InChI=1S/C20H17ClN2O2S/c1-13-19(15-4-3-5-16(21)12-15)23-20(26-13)22-18(24)11-8-14-6-9-17(25-2)10-7-14/h3-12H,1-2H3,(H,22,23,24). The summed E-state index contributed by atoms with van der Waals surface area (Å²) in [7, 11) is 1.62. The summed E-state index contributed by atoms with van der Waals surface area (Å²) in [6, 6.07) is 15.0. The fourth-order valence-electron chi connectivity index (χ4n) is 2.39. The van der Waals surface area contributed by atoms with Gasteiger partial charge in [-0.25, -0.2) is 4.98 Å². The van der Waals surface area contributed by atoms with Gasteiger partial charge in [-0.1, -0.05) is 35.9 Å². The van der Waals surface area contributed by atoms with Crippen LogP contribution in [0.2, 0.25) is 5.02 Å². The van der Waals surface area contributed by atoms with E-state index in [1.165, 1.54) is 17.4 Å². The molecule has 0 unspecified atom stereocenters. The summed E-state index contributed by atoms with van der Waals surface area (Å²) in [5.74, 6) is 0.547. The van der Waals surface area contributed by atoms with Gasteiger partial charge in [0, 0.05) is 21.5 Å². The van der Waals surface area contributed by atoms with E-state index in [9.17, 15) is 4.79 Å². The number of ether oxygens (including phenoxy) is 1. The maximum absolute atomic E-state index is 12.1. The SMILES string of the molecule is COc1ccc(C=CC(=O)Nc2nc(-c3cccc(Cl)c3)c(C)s2)cc1. The Labute approximate surface area is 161 Å². The van der Waals surface area contributed by atoms with Crippen molar-refractivity contribution in [2.75, 3.05) is 12.4 Å². The summed E-state index contributed by atoms with van der Waals surface area (Å²) in [5.41, 5.74) is 2.67. The lowest BCUT2D eigenvalue weighted by Gasteiger charge is -2.00. The third-order valence-electron chi connectivity index (χ3n) is 3.67. The molecule has 0 aliphatic rings. The van der Waals surface area contributed by atoms with Crippen molar-refractivity contribution in [2.24, 2.45) is 0 Å². The minimum atomic E-state index is -0.229. The molecule has 26 heavy (non-hydrogen) atoms. The molecule has 1 N–H and O–H groups in total. The molecule has 1 heterocycles. The van der Waals surface area contributed by atoms with Crippen molar-refractivity contribution in [2.45, 2.75) is 6.92 Å². The van der Waals surface area contributed by atoms with Crippen LogP contribution in [0.15, 0.2) is 54.6 Å². The van der Waals surface area contributed by atoms with Crippen LogP contribution in [-0.2, 0) is 4.79 Å². The third kappa shape index (κ3) is 4.50. The lowest BCUT2D eigenvalue weighted by atomic mass is 10.1. The smallest absolute Gasteiger partial charge is 0.250 e. The van der Waals surface area contributed by atoms with E-state index < -0.39 is 0 Å². The minimum absolute atomic E-state index is 0.229. The molecule has 0 atom stereocenters. The molecule has 6 heteroatoms. The zero-order valence-electron chi connectivity index (χ0n) is 14.3. The normalized spacial score (nSPS) is 10.9. The maximum atomic E-state index is 12.1. The molecule has 0 saturated carbocycles. The predicted molar refractivity (Wildman–Crippen MR) is 108 cm³/mol. The zero-order valence-corrected chi connectivity index (χ0v) is 15.9. The molecule has 0 aliphatic heterocycles. The van der Waals surface area contributed by atoms with Crippen molar-refractivity contribution in [3.63, 3.8) is 0 Å². The average Bonchev–Trinajstić information content (AvgIpc) is 3.00. The topological polar surface area (TPSA) is 51.2 Å². The maximum Gasteiger partial charge on any atom is 0.250 e. The van der Waals surface area contributed by atoms with Gasteiger partial charge in [-0.3, -0.25) is 10.1 Å². The Bertz CT molecular complexity index is 949. The number of nitrogens with one attached hydrogen (secondary N) is 1. The van der Waals surface area contributed by atoms with Gasteiger partial charge < -0.3 is 4.74 Å². The minimum Gasteiger partial charge on any atom is -0.497 e. The first-order valence-corrected chi connectivity index (χ1v) is 9.11. The second kappa shape index (κ2) is 8.17. The van der Waals surface area contributed by atoms with Gasteiger partial charge in [-0.05, 0) is 42.8 Å². The number of hydrogen-bond acceptors (Lipinski definition) is 4. The third-order valence-corrected chi connectivity index (χ3v) is 4.79. The fourth-order valence-corrected chi connectivity index (χ4v) is 3.42. The molecular formula is C20H17ClN2O2S. The Hall–Kier alpha value is -2.63. The lowest BCUT2D eigenvalue weighted by molar-refractivity contribution is -0.111. The van der Waals surface area contributed by atoms with Crippen molar-refractivity contribution < 1.29 is 9.53 Å². The van der Waals surface area contributed by atoms with Gasteiger partial charge in [-0.2, -0.15) is 0 Å². The Morgan fingerprint density at radius 3 is 2.69 bits per heavy atom. The first kappa shape index (κ1) is 18.2. The average molecular weight is 385 g/mol. The Morgan fingerprint density at radius 1 is 1.23 bits per heavy atom. The molecule has 132 valence electrons. The summed E-state index contributed by atoms with van der Waals surface area (Å²) in [5, 5.41) is 4.02. The van der Waals surface area contributed by atoms with Crippen LogP contribution in [0.1, 0.15) is 10.4 Å². The Kier molecular flexibility index (Phi) is 5.71. The molecule has 0 fully saturated rings. The van der Waals surface area contributed by atoms with Crippen LogP contribution in [0.25, 0.3) is 17.3 Å². The lowest BCUT2D eigenvalue weighted by Crippen LogP contribution is -2.07. The van der Waals surface area contributed by atoms with Gasteiger partial charge >= 0.3 is 0 Å². The summed E-state index contributed by atoms with van der Waals surface area (Å²) in [6.45, 7) is 1.97. The summed E-state index contributed by atoms with van der Waals surface area (Å²) in [4.78, 5) is 17.7. The Morgan fingerprint density at radius 2 is 2.00 bits per heavy atom. The highest BCUT2D eigenvalue weighted by Gasteiger charge is 2.11. The summed E-state index contributed by atoms with van der Waals surface area (Å²) < 4.78 is 5.11. The molecule has 4 nitrogen and oxygen atoms in total. The largest absolute Gasteiger partial charge is 0.497 e. The second-order valence-corrected chi connectivity index (χ2v) is 7.17. The Balaban J connectivity index is 1.69. The molecule has 0 spiro atoms. The van der Waals surface area contributed by atoms with E-state index in [1.807, 2.05) is 55.5 Å². The van der Waals surface area contributed by atoms with Crippen molar-refractivity contribution in [3.8, 4) is 17.0 Å². The number of amides is 1. The summed E-state index contributed by atoms with van der Waals surface area (Å²) >= 11 is 7.48. The zero-order chi connectivity index (χ0) is 18.5. The van der Waals surface area contributed by atoms with Crippen molar-refractivity contribution in [1.29, 1.82) is 0 Å². The number of aryl methyl sites for hydroxylation is 1. The quantitative estimate of drug-likeness (QED) is 0.596. The number of thiazole rings is 1. The van der Waals surface area contributed by atoms with E-state index in [2.05, 4.69) is 10.3 Å². The van der Waals surface area contributed by atoms with Crippen LogP contribution < -0.4 is 10.1 Å². The number of carbonyl (C=O) groups excluding carboxylic acids is 1. The number of carbonyl (C=O) groups is 1.